The largest absolute Gasteiger partial charge is 0.490 e. The van der Waals surface area contributed by atoms with Gasteiger partial charge in [-0.15, -0.1) is 5.10 Å². The molecule has 0 fully saturated rings. The first-order valence-electron chi connectivity index (χ1n) is 8.51. The molecule has 2 aromatic rings. The number of carboxylic acids is 2. The van der Waals surface area contributed by atoms with Gasteiger partial charge in [0.1, 0.15) is 5.82 Å². The molecule has 0 aliphatic heterocycles. The minimum Gasteiger partial charge on any atom is -0.475 e. The average molecular weight is 488 g/mol. The third kappa shape index (κ3) is 12.5. The number of aliphatic carboxylic acids is 2. The number of hydrogen-bond acceptors (Lipinski definition) is 6. The van der Waals surface area contributed by atoms with E-state index in [1.54, 1.807) is 24.1 Å². The summed E-state index contributed by atoms with van der Waals surface area (Å²) in [5.41, 5.74) is 0.931. The van der Waals surface area contributed by atoms with E-state index in [4.69, 9.17) is 19.8 Å². The minimum absolute atomic E-state index is 0.308. The topological polar surface area (TPSA) is 159 Å². The van der Waals surface area contributed by atoms with E-state index in [-0.39, 0.29) is 6.03 Å². The molecule has 2 amide bonds. The van der Waals surface area contributed by atoms with Gasteiger partial charge >= 0.3 is 30.3 Å². The summed E-state index contributed by atoms with van der Waals surface area (Å²) in [6.07, 6.45) is -6.01. The predicted octanol–water partition coefficient (Wildman–Crippen LogP) is 2.36. The number of carbonyl (C=O) groups excluding carboxylic acids is 1. The lowest BCUT2D eigenvalue weighted by molar-refractivity contribution is -0.193. The molecule has 0 unspecified atom stereocenters. The van der Waals surface area contributed by atoms with Gasteiger partial charge in [-0.05, 0) is 11.6 Å². The number of anilines is 1. The fourth-order valence-corrected chi connectivity index (χ4v) is 1.61. The van der Waals surface area contributed by atoms with Crippen LogP contribution in [0, 0.1) is 0 Å². The van der Waals surface area contributed by atoms with Gasteiger partial charge in [0.2, 0.25) is 5.95 Å². The first-order valence-corrected chi connectivity index (χ1v) is 8.51. The van der Waals surface area contributed by atoms with Crippen molar-refractivity contribution in [1.29, 1.82) is 0 Å². The molecule has 11 nitrogen and oxygen atoms in total. The highest BCUT2D eigenvalue weighted by atomic mass is 19.4. The molecular weight excluding hydrogens is 470 g/mol. The van der Waals surface area contributed by atoms with Crippen molar-refractivity contribution < 1.29 is 50.9 Å². The first-order chi connectivity index (χ1) is 15.1. The van der Waals surface area contributed by atoms with Crippen LogP contribution in [0.2, 0.25) is 0 Å². The molecule has 0 atom stereocenters. The standard InChI is InChI=1S/C12H16N6O.2C2HF3O2/c1-3-10-15-11(17-18(10)2)16-12(19)14-8-9-5-4-6-13-7-9;2*3-2(4,5)1(6)7/h4-7H,3,8H2,1-2H3,(H2,14,16,17,19);2*(H,6,7). The fraction of sp³-hybridized carbons (Fsp3) is 0.375. The van der Waals surface area contributed by atoms with Crippen molar-refractivity contribution in [2.75, 3.05) is 5.32 Å². The Labute approximate surface area is 181 Å². The number of aryl methyl sites for hydroxylation is 2. The molecule has 33 heavy (non-hydrogen) atoms. The van der Waals surface area contributed by atoms with Crippen molar-refractivity contribution in [3.8, 4) is 0 Å². The monoisotopic (exact) mass is 488 g/mol. The van der Waals surface area contributed by atoms with Crippen LogP contribution >= 0.6 is 0 Å². The zero-order valence-corrected chi connectivity index (χ0v) is 16.9. The molecular formula is C16H18F6N6O5. The Hall–Kier alpha value is -3.92. The quantitative estimate of drug-likeness (QED) is 0.478. The number of alkyl halides is 6. The minimum atomic E-state index is -5.08. The van der Waals surface area contributed by atoms with Crippen molar-refractivity contribution in [2.45, 2.75) is 32.2 Å². The number of hydrogen-bond donors (Lipinski definition) is 4. The zero-order valence-electron chi connectivity index (χ0n) is 16.9. The van der Waals surface area contributed by atoms with E-state index in [0.717, 1.165) is 17.8 Å². The molecule has 2 rings (SSSR count). The van der Waals surface area contributed by atoms with Gasteiger partial charge in [-0.1, -0.05) is 13.0 Å². The lowest BCUT2D eigenvalue weighted by atomic mass is 10.3. The van der Waals surface area contributed by atoms with Gasteiger partial charge < -0.3 is 15.5 Å². The van der Waals surface area contributed by atoms with Gasteiger partial charge in [-0.2, -0.15) is 31.3 Å². The third-order valence-electron chi connectivity index (χ3n) is 3.06. The molecule has 2 aromatic heterocycles. The van der Waals surface area contributed by atoms with Crippen molar-refractivity contribution in [3.63, 3.8) is 0 Å². The van der Waals surface area contributed by atoms with Crippen LogP contribution in [-0.2, 0) is 29.6 Å². The second kappa shape index (κ2) is 12.8. The summed E-state index contributed by atoms with van der Waals surface area (Å²) in [7, 11) is 1.80. The number of pyridine rings is 1. The number of nitrogens with zero attached hydrogens (tertiary/aromatic N) is 4. The van der Waals surface area contributed by atoms with E-state index >= 15 is 0 Å². The molecule has 0 aliphatic carbocycles. The Morgan fingerprint density at radius 1 is 1.06 bits per heavy atom. The lowest BCUT2D eigenvalue weighted by Crippen LogP contribution is -2.28. The van der Waals surface area contributed by atoms with E-state index in [9.17, 15) is 31.1 Å². The summed E-state index contributed by atoms with van der Waals surface area (Å²) in [6, 6.07) is 3.38. The predicted molar refractivity (Wildman–Crippen MR) is 97.9 cm³/mol. The van der Waals surface area contributed by atoms with Crippen LogP contribution in [0.3, 0.4) is 0 Å². The summed E-state index contributed by atoms with van der Waals surface area (Å²) >= 11 is 0. The Morgan fingerprint density at radius 2 is 1.58 bits per heavy atom. The molecule has 0 aromatic carbocycles. The van der Waals surface area contributed by atoms with Crippen molar-refractivity contribution in [1.82, 2.24) is 25.1 Å². The molecule has 0 bridgehead atoms. The average Bonchev–Trinajstić information content (AvgIpc) is 3.05. The number of aromatic nitrogens is 4. The van der Waals surface area contributed by atoms with Gasteiger partial charge in [0, 0.05) is 32.4 Å². The number of rotatable bonds is 4. The third-order valence-corrected chi connectivity index (χ3v) is 3.06. The molecule has 2 heterocycles. The van der Waals surface area contributed by atoms with E-state index in [2.05, 4.69) is 25.7 Å². The van der Waals surface area contributed by atoms with Gasteiger partial charge in [-0.3, -0.25) is 15.0 Å². The molecule has 4 N–H and O–H groups in total. The van der Waals surface area contributed by atoms with Gasteiger partial charge in [0.15, 0.2) is 0 Å². The Kier molecular flexibility index (Phi) is 11.3. The maximum Gasteiger partial charge on any atom is 0.490 e. The first kappa shape index (κ1) is 29.1. The van der Waals surface area contributed by atoms with E-state index in [1.807, 2.05) is 19.1 Å². The summed E-state index contributed by atoms with van der Waals surface area (Å²) in [6.45, 7) is 2.39. The second-order valence-electron chi connectivity index (χ2n) is 5.60. The summed E-state index contributed by atoms with van der Waals surface area (Å²) < 4.78 is 65.1. The van der Waals surface area contributed by atoms with Gasteiger partial charge in [-0.25, -0.2) is 14.4 Å². The Morgan fingerprint density at radius 3 is 1.94 bits per heavy atom. The number of carbonyl (C=O) groups is 3. The van der Waals surface area contributed by atoms with Crippen LogP contribution in [0.4, 0.5) is 37.1 Å². The van der Waals surface area contributed by atoms with Crippen molar-refractivity contribution in [3.05, 3.63) is 35.9 Å². The summed E-state index contributed by atoms with van der Waals surface area (Å²) in [5, 5.41) is 23.7. The number of nitrogens with one attached hydrogen (secondary N) is 2. The van der Waals surface area contributed by atoms with E-state index in [0.29, 0.717) is 12.5 Å². The summed E-state index contributed by atoms with van der Waals surface area (Å²) in [5.74, 6) is -4.38. The molecule has 0 aliphatic rings. The smallest absolute Gasteiger partial charge is 0.475 e. The van der Waals surface area contributed by atoms with Crippen LogP contribution in [0.5, 0.6) is 0 Å². The molecule has 0 saturated carbocycles. The van der Waals surface area contributed by atoms with Crippen molar-refractivity contribution in [2.24, 2.45) is 7.05 Å². The maximum absolute atomic E-state index is 11.7. The zero-order chi connectivity index (χ0) is 25.8. The molecule has 0 radical (unpaired) electrons. The Bertz CT molecular complexity index is 893. The normalized spacial score (nSPS) is 10.7. The van der Waals surface area contributed by atoms with Crippen LogP contribution in [0.1, 0.15) is 18.3 Å². The molecule has 184 valence electrons. The number of amides is 2. The van der Waals surface area contributed by atoms with Crippen LogP contribution < -0.4 is 10.6 Å². The van der Waals surface area contributed by atoms with Gasteiger partial charge in [0.05, 0.1) is 0 Å². The molecule has 0 spiro atoms. The highest BCUT2D eigenvalue weighted by molar-refractivity contribution is 5.87. The number of halogens is 6. The fourth-order valence-electron chi connectivity index (χ4n) is 1.61. The Balaban J connectivity index is 0.000000605. The van der Waals surface area contributed by atoms with Crippen molar-refractivity contribution >= 4 is 23.9 Å². The SMILES string of the molecule is CCc1nc(NC(=O)NCc2cccnc2)nn1C.O=C(O)C(F)(F)F.O=C(O)C(F)(F)F. The van der Waals surface area contributed by atoms with Gasteiger partial charge in [0.25, 0.3) is 0 Å². The van der Waals surface area contributed by atoms with E-state index < -0.39 is 24.3 Å². The maximum atomic E-state index is 11.7. The molecule has 0 saturated heterocycles. The summed E-state index contributed by atoms with van der Waals surface area (Å²) in [4.78, 5) is 37.6. The van der Waals surface area contributed by atoms with Crippen LogP contribution in [-0.4, -0.2) is 60.3 Å². The van der Waals surface area contributed by atoms with E-state index in [1.165, 1.54) is 0 Å². The van der Waals surface area contributed by atoms with Crippen LogP contribution in [0.15, 0.2) is 24.5 Å². The highest BCUT2D eigenvalue weighted by Gasteiger charge is 2.38. The number of carboxylic acid groups (broad SMARTS) is 2. The highest BCUT2D eigenvalue weighted by Crippen LogP contribution is 2.13. The van der Waals surface area contributed by atoms with Crippen LogP contribution in [0.25, 0.3) is 0 Å². The lowest BCUT2D eigenvalue weighted by Gasteiger charge is -2.04. The molecule has 17 heteroatoms. The number of urea groups is 1. The second-order valence-corrected chi connectivity index (χ2v) is 5.60.